The van der Waals surface area contributed by atoms with Gasteiger partial charge in [0.15, 0.2) is 0 Å². The fourth-order valence-corrected chi connectivity index (χ4v) is 1.74. The van der Waals surface area contributed by atoms with Crippen molar-refractivity contribution in [3.05, 3.63) is 0 Å². The van der Waals surface area contributed by atoms with E-state index in [0.717, 1.165) is 12.8 Å². The van der Waals surface area contributed by atoms with Crippen LogP contribution in [0.4, 0.5) is 0 Å². The molecule has 5 nitrogen and oxygen atoms in total. The largest absolute Gasteiger partial charge is 0.481 e. The van der Waals surface area contributed by atoms with E-state index in [9.17, 15) is 9.59 Å². The normalized spacial score (nSPS) is 21.7. The number of amides is 1. The van der Waals surface area contributed by atoms with Crippen LogP contribution < -0.4 is 5.32 Å². The maximum absolute atomic E-state index is 11.6. The predicted molar refractivity (Wildman–Crippen MR) is 58.0 cm³/mol. The van der Waals surface area contributed by atoms with Gasteiger partial charge in [-0.25, -0.2) is 0 Å². The highest BCUT2D eigenvalue weighted by Crippen LogP contribution is 2.13. The molecular weight excluding hydrogens is 210 g/mol. The molecule has 1 saturated heterocycles. The van der Waals surface area contributed by atoms with Gasteiger partial charge in [-0.1, -0.05) is 13.3 Å². The van der Waals surface area contributed by atoms with Gasteiger partial charge in [0.1, 0.15) is 0 Å². The van der Waals surface area contributed by atoms with Crippen molar-refractivity contribution in [2.45, 2.75) is 26.2 Å². The third-order valence-electron chi connectivity index (χ3n) is 2.91. The van der Waals surface area contributed by atoms with Gasteiger partial charge in [-0.2, -0.15) is 0 Å². The Balaban J connectivity index is 2.25. The number of aliphatic carboxylic acids is 1. The van der Waals surface area contributed by atoms with Crippen molar-refractivity contribution in [2.75, 3.05) is 19.8 Å². The molecule has 1 aliphatic rings. The third kappa shape index (κ3) is 4.18. The first-order valence-electron chi connectivity index (χ1n) is 5.70. The Morgan fingerprint density at radius 2 is 2.31 bits per heavy atom. The summed E-state index contributed by atoms with van der Waals surface area (Å²) in [5, 5.41) is 11.5. The van der Waals surface area contributed by atoms with Crippen molar-refractivity contribution in [3.63, 3.8) is 0 Å². The molecule has 1 fully saturated rings. The second-order valence-corrected chi connectivity index (χ2v) is 4.18. The van der Waals surface area contributed by atoms with E-state index in [-0.39, 0.29) is 24.2 Å². The minimum atomic E-state index is -0.815. The Bertz CT molecular complexity index is 248. The summed E-state index contributed by atoms with van der Waals surface area (Å²) in [6.45, 7) is 3.50. The van der Waals surface area contributed by atoms with Crippen LogP contribution in [0.15, 0.2) is 0 Å². The Labute approximate surface area is 95.2 Å². The summed E-state index contributed by atoms with van der Waals surface area (Å²) < 4.78 is 5.12. The topological polar surface area (TPSA) is 75.6 Å². The number of carboxylic acid groups (broad SMARTS) is 1. The summed E-state index contributed by atoms with van der Waals surface area (Å²) in [5.41, 5.74) is 0. The molecule has 1 heterocycles. The van der Waals surface area contributed by atoms with Gasteiger partial charge in [-0.05, 0) is 12.3 Å². The van der Waals surface area contributed by atoms with E-state index in [1.54, 1.807) is 0 Å². The van der Waals surface area contributed by atoms with Crippen molar-refractivity contribution < 1.29 is 19.4 Å². The zero-order valence-corrected chi connectivity index (χ0v) is 9.57. The molecule has 0 aromatic heterocycles. The number of hydrogen-bond acceptors (Lipinski definition) is 3. The molecule has 2 unspecified atom stereocenters. The van der Waals surface area contributed by atoms with Crippen LogP contribution in [0.1, 0.15) is 26.2 Å². The molecule has 1 aliphatic heterocycles. The quantitative estimate of drug-likeness (QED) is 0.701. The monoisotopic (exact) mass is 229 g/mol. The maximum Gasteiger partial charge on any atom is 0.303 e. The summed E-state index contributed by atoms with van der Waals surface area (Å²) in [6, 6.07) is 0. The van der Waals surface area contributed by atoms with Gasteiger partial charge >= 0.3 is 5.97 Å². The Morgan fingerprint density at radius 3 is 2.81 bits per heavy atom. The lowest BCUT2D eigenvalue weighted by atomic mass is 10.0. The minimum Gasteiger partial charge on any atom is -0.481 e. The maximum atomic E-state index is 11.6. The van der Waals surface area contributed by atoms with Crippen LogP contribution in [-0.4, -0.2) is 36.7 Å². The van der Waals surface area contributed by atoms with Gasteiger partial charge in [0.05, 0.1) is 12.5 Å². The molecule has 5 heteroatoms. The van der Waals surface area contributed by atoms with Gasteiger partial charge in [0, 0.05) is 19.6 Å². The van der Waals surface area contributed by atoms with Crippen LogP contribution in [0.25, 0.3) is 0 Å². The first kappa shape index (κ1) is 13.0. The van der Waals surface area contributed by atoms with Crippen molar-refractivity contribution in [2.24, 2.45) is 11.8 Å². The van der Waals surface area contributed by atoms with Crippen LogP contribution in [0.2, 0.25) is 0 Å². The fraction of sp³-hybridized carbons (Fsp3) is 0.818. The molecule has 0 saturated carbocycles. The molecule has 0 radical (unpaired) electrons. The number of hydrogen-bond donors (Lipinski definition) is 2. The highest BCUT2D eigenvalue weighted by atomic mass is 16.5. The van der Waals surface area contributed by atoms with Crippen molar-refractivity contribution in [3.8, 4) is 0 Å². The number of ether oxygens (including phenoxy) is 1. The number of carboxylic acids is 1. The average Bonchev–Trinajstić information content (AvgIpc) is 2.76. The summed E-state index contributed by atoms with van der Waals surface area (Å²) in [7, 11) is 0. The molecule has 0 spiro atoms. The van der Waals surface area contributed by atoms with E-state index < -0.39 is 5.97 Å². The van der Waals surface area contributed by atoms with Gasteiger partial charge in [-0.3, -0.25) is 9.59 Å². The molecule has 0 aromatic carbocycles. The SMILES string of the molecule is CCC(CNC(=O)C1CCOC1)CC(=O)O. The zero-order chi connectivity index (χ0) is 12.0. The van der Waals surface area contributed by atoms with E-state index >= 15 is 0 Å². The van der Waals surface area contributed by atoms with Crippen molar-refractivity contribution in [1.29, 1.82) is 0 Å². The summed E-state index contributed by atoms with van der Waals surface area (Å²) in [6.07, 6.45) is 1.63. The molecular formula is C11H19NO4. The van der Waals surface area contributed by atoms with E-state index in [1.807, 2.05) is 6.92 Å². The third-order valence-corrected chi connectivity index (χ3v) is 2.91. The van der Waals surface area contributed by atoms with Crippen LogP contribution in [0.3, 0.4) is 0 Å². The van der Waals surface area contributed by atoms with E-state index in [4.69, 9.17) is 9.84 Å². The van der Waals surface area contributed by atoms with Crippen LogP contribution in [-0.2, 0) is 14.3 Å². The number of nitrogens with one attached hydrogen (secondary N) is 1. The number of rotatable bonds is 6. The van der Waals surface area contributed by atoms with E-state index in [2.05, 4.69) is 5.32 Å². The Kier molecular flexibility index (Phi) is 5.25. The molecule has 92 valence electrons. The van der Waals surface area contributed by atoms with E-state index in [0.29, 0.717) is 19.8 Å². The Hall–Kier alpha value is -1.10. The second-order valence-electron chi connectivity index (χ2n) is 4.18. The highest BCUT2D eigenvalue weighted by Gasteiger charge is 2.23. The molecule has 2 N–H and O–H groups in total. The lowest BCUT2D eigenvalue weighted by molar-refractivity contribution is -0.138. The molecule has 0 aliphatic carbocycles. The first-order valence-corrected chi connectivity index (χ1v) is 5.70. The molecule has 0 bridgehead atoms. The molecule has 1 amide bonds. The standard InChI is InChI=1S/C11H19NO4/c1-2-8(5-10(13)14)6-12-11(15)9-3-4-16-7-9/h8-9H,2-7H2,1H3,(H,12,15)(H,13,14). The number of carbonyl (C=O) groups excluding carboxylic acids is 1. The smallest absolute Gasteiger partial charge is 0.303 e. The molecule has 2 atom stereocenters. The van der Waals surface area contributed by atoms with Crippen LogP contribution in [0, 0.1) is 11.8 Å². The van der Waals surface area contributed by atoms with E-state index in [1.165, 1.54) is 0 Å². The Morgan fingerprint density at radius 1 is 1.56 bits per heavy atom. The summed E-state index contributed by atoms with van der Waals surface area (Å²) >= 11 is 0. The molecule has 0 aromatic rings. The first-order chi connectivity index (χ1) is 7.63. The van der Waals surface area contributed by atoms with Crippen molar-refractivity contribution >= 4 is 11.9 Å². The van der Waals surface area contributed by atoms with Crippen LogP contribution in [0.5, 0.6) is 0 Å². The fourth-order valence-electron chi connectivity index (χ4n) is 1.74. The van der Waals surface area contributed by atoms with Crippen molar-refractivity contribution in [1.82, 2.24) is 5.32 Å². The predicted octanol–water partition coefficient (Wildman–Crippen LogP) is 0.640. The lowest BCUT2D eigenvalue weighted by Crippen LogP contribution is -2.35. The summed E-state index contributed by atoms with van der Waals surface area (Å²) in [4.78, 5) is 22.1. The minimum absolute atomic E-state index is 0.0126. The zero-order valence-electron chi connectivity index (χ0n) is 9.57. The van der Waals surface area contributed by atoms with Gasteiger partial charge in [-0.15, -0.1) is 0 Å². The average molecular weight is 229 g/mol. The molecule has 1 rings (SSSR count). The van der Waals surface area contributed by atoms with Gasteiger partial charge in [0.25, 0.3) is 0 Å². The number of carbonyl (C=O) groups is 2. The molecule has 16 heavy (non-hydrogen) atoms. The summed E-state index contributed by atoms with van der Waals surface area (Å²) in [5.74, 6) is -0.863. The van der Waals surface area contributed by atoms with Gasteiger partial charge in [0.2, 0.25) is 5.91 Å². The van der Waals surface area contributed by atoms with Gasteiger partial charge < -0.3 is 15.2 Å². The van der Waals surface area contributed by atoms with Crippen LogP contribution >= 0.6 is 0 Å². The highest BCUT2D eigenvalue weighted by molar-refractivity contribution is 5.79. The second kappa shape index (κ2) is 6.48. The lowest BCUT2D eigenvalue weighted by Gasteiger charge is -2.15.